The molecule has 1 aliphatic heterocycles. The fraction of sp³-hybridized carbons (Fsp3) is 1.00. The van der Waals surface area contributed by atoms with Gasteiger partial charge in [-0.15, -0.1) is 0 Å². The van der Waals surface area contributed by atoms with Gasteiger partial charge >= 0.3 is 0 Å². The molecular weight excluding hydrogens is 186 g/mol. The zero-order valence-corrected chi connectivity index (χ0v) is 10.2. The molecule has 0 aromatic heterocycles. The Morgan fingerprint density at radius 3 is 2.27 bits per heavy atom. The van der Waals surface area contributed by atoms with E-state index in [4.69, 9.17) is 0 Å². The van der Waals surface area contributed by atoms with Gasteiger partial charge in [0.25, 0.3) is 0 Å². The Hall–Kier alpha value is -0.0800. The van der Waals surface area contributed by atoms with Gasteiger partial charge in [-0.05, 0) is 38.6 Å². The Labute approximate surface area is 93.7 Å². The van der Waals surface area contributed by atoms with Crippen molar-refractivity contribution in [2.45, 2.75) is 64.1 Å². The lowest BCUT2D eigenvalue weighted by atomic mass is 9.74. The van der Waals surface area contributed by atoms with E-state index >= 15 is 0 Å². The summed E-state index contributed by atoms with van der Waals surface area (Å²) in [6.45, 7) is 2.25. The first kappa shape index (κ1) is 11.4. The molecule has 0 amide bonds. The van der Waals surface area contributed by atoms with Crippen molar-refractivity contribution in [2.24, 2.45) is 11.8 Å². The Kier molecular flexibility index (Phi) is 3.68. The van der Waals surface area contributed by atoms with E-state index in [9.17, 15) is 5.11 Å². The van der Waals surface area contributed by atoms with Crippen LogP contribution in [0.15, 0.2) is 0 Å². The fourth-order valence-electron chi connectivity index (χ4n) is 3.42. The van der Waals surface area contributed by atoms with Gasteiger partial charge in [-0.3, -0.25) is 4.90 Å². The second kappa shape index (κ2) is 4.84. The lowest BCUT2D eigenvalue weighted by molar-refractivity contribution is -0.0667. The Morgan fingerprint density at radius 2 is 1.67 bits per heavy atom. The molecule has 2 fully saturated rings. The SMILES string of the molecule is C[C@@H]1C[C@H](C2CCCCC2)C[C@@H](O)N1C. The monoisotopic (exact) mass is 211 g/mol. The number of aliphatic hydroxyl groups excluding tert-OH is 1. The topological polar surface area (TPSA) is 23.5 Å². The van der Waals surface area contributed by atoms with Crippen LogP contribution in [0.1, 0.15) is 51.9 Å². The summed E-state index contributed by atoms with van der Waals surface area (Å²) in [5.74, 6) is 1.69. The van der Waals surface area contributed by atoms with Crippen molar-refractivity contribution >= 4 is 0 Å². The molecule has 0 bridgehead atoms. The number of likely N-dealkylation sites (tertiary alicyclic amines) is 1. The molecule has 0 radical (unpaired) electrons. The lowest BCUT2D eigenvalue weighted by Crippen LogP contribution is -2.47. The minimum atomic E-state index is -0.194. The van der Waals surface area contributed by atoms with Crippen LogP contribution in [0.4, 0.5) is 0 Å². The van der Waals surface area contributed by atoms with Crippen LogP contribution >= 0.6 is 0 Å². The van der Waals surface area contributed by atoms with Crippen LogP contribution in [0.25, 0.3) is 0 Å². The van der Waals surface area contributed by atoms with E-state index in [0.29, 0.717) is 6.04 Å². The van der Waals surface area contributed by atoms with E-state index in [-0.39, 0.29) is 6.23 Å². The number of hydrogen-bond donors (Lipinski definition) is 1. The molecule has 88 valence electrons. The number of nitrogens with zero attached hydrogens (tertiary/aromatic N) is 1. The summed E-state index contributed by atoms with van der Waals surface area (Å²) >= 11 is 0. The number of rotatable bonds is 1. The van der Waals surface area contributed by atoms with Crippen molar-refractivity contribution in [1.29, 1.82) is 0 Å². The largest absolute Gasteiger partial charge is 0.378 e. The minimum Gasteiger partial charge on any atom is -0.378 e. The first-order valence-electron chi connectivity index (χ1n) is 6.58. The van der Waals surface area contributed by atoms with Gasteiger partial charge < -0.3 is 5.11 Å². The zero-order chi connectivity index (χ0) is 10.8. The molecule has 0 spiro atoms. The summed E-state index contributed by atoms with van der Waals surface area (Å²) in [5, 5.41) is 9.98. The van der Waals surface area contributed by atoms with Crippen molar-refractivity contribution in [3.8, 4) is 0 Å². The summed E-state index contributed by atoms with van der Waals surface area (Å²) in [6.07, 6.45) is 9.19. The van der Waals surface area contributed by atoms with Crippen LogP contribution < -0.4 is 0 Å². The van der Waals surface area contributed by atoms with Gasteiger partial charge in [-0.1, -0.05) is 32.1 Å². The predicted molar refractivity (Wildman–Crippen MR) is 62.5 cm³/mol. The van der Waals surface area contributed by atoms with Gasteiger partial charge in [0.05, 0.1) is 0 Å². The van der Waals surface area contributed by atoms with E-state index in [1.165, 1.54) is 38.5 Å². The number of hydrogen-bond acceptors (Lipinski definition) is 2. The highest BCUT2D eigenvalue weighted by Gasteiger charge is 2.34. The Balaban J connectivity index is 1.92. The van der Waals surface area contributed by atoms with E-state index in [1.54, 1.807) is 0 Å². The molecule has 3 atom stereocenters. The highest BCUT2D eigenvalue weighted by Crippen LogP contribution is 2.38. The molecule has 2 rings (SSSR count). The lowest BCUT2D eigenvalue weighted by Gasteiger charge is -2.43. The van der Waals surface area contributed by atoms with Gasteiger partial charge in [0.1, 0.15) is 6.23 Å². The third kappa shape index (κ3) is 2.54. The highest BCUT2D eigenvalue weighted by atomic mass is 16.3. The van der Waals surface area contributed by atoms with Gasteiger partial charge in [-0.25, -0.2) is 0 Å². The molecule has 1 N–H and O–H groups in total. The van der Waals surface area contributed by atoms with Gasteiger partial charge in [0.2, 0.25) is 0 Å². The molecule has 1 saturated heterocycles. The second-order valence-corrected chi connectivity index (χ2v) is 5.62. The van der Waals surface area contributed by atoms with Crippen LogP contribution in [0.3, 0.4) is 0 Å². The van der Waals surface area contributed by atoms with Crippen molar-refractivity contribution in [3.63, 3.8) is 0 Å². The van der Waals surface area contributed by atoms with Crippen LogP contribution in [-0.2, 0) is 0 Å². The first-order valence-corrected chi connectivity index (χ1v) is 6.58. The van der Waals surface area contributed by atoms with E-state index in [0.717, 1.165) is 18.3 Å². The molecule has 2 heteroatoms. The molecule has 2 nitrogen and oxygen atoms in total. The molecule has 1 heterocycles. The normalized spacial score (nSPS) is 40.6. The van der Waals surface area contributed by atoms with E-state index in [2.05, 4.69) is 11.8 Å². The Bertz CT molecular complexity index is 189. The van der Waals surface area contributed by atoms with Crippen LogP contribution in [0.2, 0.25) is 0 Å². The average Bonchev–Trinajstić information content (AvgIpc) is 2.26. The molecule has 2 aliphatic rings. The first-order chi connectivity index (χ1) is 7.18. The van der Waals surface area contributed by atoms with Gasteiger partial charge in [0, 0.05) is 6.04 Å². The Morgan fingerprint density at radius 1 is 1.00 bits per heavy atom. The second-order valence-electron chi connectivity index (χ2n) is 5.62. The van der Waals surface area contributed by atoms with Crippen LogP contribution in [0, 0.1) is 11.8 Å². The standard InChI is InChI=1S/C13H25NO/c1-10-8-12(9-13(15)14(10)2)11-6-4-3-5-7-11/h10-13,15H,3-9H2,1-2H3/t10-,12+,13-/m1/s1. The molecule has 1 aliphatic carbocycles. The maximum absolute atomic E-state index is 9.98. The van der Waals surface area contributed by atoms with Crippen LogP contribution in [0.5, 0.6) is 0 Å². The van der Waals surface area contributed by atoms with Crippen molar-refractivity contribution in [1.82, 2.24) is 4.90 Å². The molecule has 15 heavy (non-hydrogen) atoms. The average molecular weight is 211 g/mol. The highest BCUT2D eigenvalue weighted by molar-refractivity contribution is 4.84. The predicted octanol–water partition coefficient (Wildman–Crippen LogP) is 2.62. The fourth-order valence-corrected chi connectivity index (χ4v) is 3.42. The molecular formula is C13H25NO. The molecule has 0 aromatic rings. The summed E-state index contributed by atoms with van der Waals surface area (Å²) < 4.78 is 0. The quantitative estimate of drug-likeness (QED) is 0.720. The summed E-state index contributed by atoms with van der Waals surface area (Å²) in [4.78, 5) is 2.12. The maximum Gasteiger partial charge on any atom is 0.107 e. The minimum absolute atomic E-state index is 0.194. The molecule has 1 saturated carbocycles. The van der Waals surface area contributed by atoms with Gasteiger partial charge in [0.15, 0.2) is 0 Å². The van der Waals surface area contributed by atoms with Crippen molar-refractivity contribution in [3.05, 3.63) is 0 Å². The van der Waals surface area contributed by atoms with Gasteiger partial charge in [-0.2, -0.15) is 0 Å². The zero-order valence-electron chi connectivity index (χ0n) is 10.2. The summed E-state index contributed by atoms with van der Waals surface area (Å²) in [6, 6.07) is 0.556. The third-order valence-electron chi connectivity index (χ3n) is 4.64. The summed E-state index contributed by atoms with van der Waals surface area (Å²) in [7, 11) is 2.05. The molecule has 0 unspecified atom stereocenters. The number of aliphatic hydroxyl groups is 1. The summed E-state index contributed by atoms with van der Waals surface area (Å²) in [5.41, 5.74) is 0. The van der Waals surface area contributed by atoms with Crippen molar-refractivity contribution < 1.29 is 5.11 Å². The van der Waals surface area contributed by atoms with E-state index < -0.39 is 0 Å². The third-order valence-corrected chi connectivity index (χ3v) is 4.64. The maximum atomic E-state index is 9.98. The van der Waals surface area contributed by atoms with Crippen LogP contribution in [-0.4, -0.2) is 29.3 Å². The van der Waals surface area contributed by atoms with E-state index in [1.807, 2.05) is 7.05 Å². The van der Waals surface area contributed by atoms with Crippen molar-refractivity contribution in [2.75, 3.05) is 7.05 Å². The number of piperidine rings is 1. The molecule has 0 aromatic carbocycles. The smallest absolute Gasteiger partial charge is 0.107 e.